The lowest BCUT2D eigenvalue weighted by Crippen LogP contribution is -2.61. The third-order valence-electron chi connectivity index (χ3n) is 6.46. The Labute approximate surface area is 225 Å². The second kappa shape index (κ2) is 13.3. The van der Waals surface area contributed by atoms with Gasteiger partial charge in [-0.2, -0.15) is 8.78 Å². The zero-order valence-electron chi connectivity index (χ0n) is 21.8. The van der Waals surface area contributed by atoms with Crippen molar-refractivity contribution in [3.8, 4) is 0 Å². The van der Waals surface area contributed by atoms with E-state index in [4.69, 9.17) is 4.74 Å². The molecular weight excluding hydrogens is 512 g/mol. The van der Waals surface area contributed by atoms with E-state index in [9.17, 15) is 24.3 Å². The van der Waals surface area contributed by atoms with E-state index in [1.165, 1.54) is 0 Å². The van der Waals surface area contributed by atoms with Crippen molar-refractivity contribution in [1.29, 1.82) is 0 Å². The second-order valence-electron chi connectivity index (χ2n) is 9.66. The average Bonchev–Trinajstić information content (AvgIpc) is 2.92. The van der Waals surface area contributed by atoms with Gasteiger partial charge in [0.25, 0.3) is 0 Å². The summed E-state index contributed by atoms with van der Waals surface area (Å²) in [6.45, 7) is 2.95. The van der Waals surface area contributed by atoms with E-state index in [2.05, 4.69) is 5.32 Å². The van der Waals surface area contributed by atoms with Crippen molar-refractivity contribution >= 4 is 23.7 Å². The molecule has 9 nitrogen and oxygen atoms in total. The molecule has 2 aromatic rings. The molecule has 210 valence electrons. The molecule has 1 fully saturated rings. The van der Waals surface area contributed by atoms with E-state index in [0.29, 0.717) is 11.1 Å². The molecule has 11 heteroatoms. The van der Waals surface area contributed by atoms with E-state index in [1.807, 2.05) is 0 Å². The van der Waals surface area contributed by atoms with Crippen LogP contribution in [0.4, 0.5) is 13.6 Å². The van der Waals surface area contributed by atoms with E-state index >= 15 is 8.78 Å². The number of halogens is 2. The van der Waals surface area contributed by atoms with Gasteiger partial charge in [-0.1, -0.05) is 74.5 Å². The maximum absolute atomic E-state index is 15.3. The highest BCUT2D eigenvalue weighted by molar-refractivity contribution is 6.10. The first-order valence-electron chi connectivity index (χ1n) is 12.7. The summed E-state index contributed by atoms with van der Waals surface area (Å²) in [6, 6.07) is 13.5. The highest BCUT2D eigenvalue weighted by Gasteiger charge is 2.52. The number of amides is 3. The molecule has 0 radical (unpaired) electrons. The number of nitrogens with one attached hydrogen (secondary N) is 1. The van der Waals surface area contributed by atoms with E-state index in [-0.39, 0.29) is 39.3 Å². The number of alkyl halides is 2. The second-order valence-corrected chi connectivity index (χ2v) is 9.66. The topological polar surface area (TPSA) is 119 Å². The number of hydrogen-bond acceptors (Lipinski definition) is 6. The highest BCUT2D eigenvalue weighted by Crippen LogP contribution is 2.24. The summed E-state index contributed by atoms with van der Waals surface area (Å²) >= 11 is 0. The smallest absolute Gasteiger partial charge is 0.383 e. The van der Waals surface area contributed by atoms with Crippen LogP contribution in [0, 0.1) is 5.92 Å². The van der Waals surface area contributed by atoms with Crippen LogP contribution in [0.2, 0.25) is 0 Å². The molecule has 0 bridgehead atoms. The summed E-state index contributed by atoms with van der Waals surface area (Å²) in [7, 11) is 0. The lowest BCUT2D eigenvalue weighted by atomic mass is 9.95. The van der Waals surface area contributed by atoms with Crippen LogP contribution in [0.25, 0.3) is 0 Å². The molecule has 1 heterocycles. The number of ketones is 1. The van der Waals surface area contributed by atoms with Gasteiger partial charge in [0.15, 0.2) is 0 Å². The quantitative estimate of drug-likeness (QED) is 0.430. The summed E-state index contributed by atoms with van der Waals surface area (Å²) in [4.78, 5) is 53.0. The van der Waals surface area contributed by atoms with Gasteiger partial charge in [-0.3, -0.25) is 14.4 Å². The molecule has 0 spiro atoms. The fourth-order valence-electron chi connectivity index (χ4n) is 4.47. The Morgan fingerprint density at radius 1 is 0.974 bits per heavy atom. The Hall–Kier alpha value is -3.86. The molecule has 3 amide bonds. The summed E-state index contributed by atoms with van der Waals surface area (Å²) in [5.74, 6) is -9.41. The lowest BCUT2D eigenvalue weighted by Gasteiger charge is -2.36. The number of carboxylic acid groups (broad SMARTS) is 1. The number of ether oxygens (including phenoxy) is 1. The molecule has 1 saturated heterocycles. The van der Waals surface area contributed by atoms with Crippen LogP contribution in [0.3, 0.4) is 0 Å². The minimum atomic E-state index is -4.42. The maximum atomic E-state index is 15.3. The predicted molar refractivity (Wildman–Crippen MR) is 135 cm³/mol. The monoisotopic (exact) mass is 544 g/mol. The molecule has 1 N–H and O–H groups in total. The fraction of sp³-hybridized carbons (Fsp3) is 0.429. The summed E-state index contributed by atoms with van der Waals surface area (Å²) in [5, 5.41) is 14.4. The van der Waals surface area contributed by atoms with E-state index < -0.39 is 47.6 Å². The predicted octanol–water partition coefficient (Wildman–Crippen LogP) is 1.65. The third kappa shape index (κ3) is 7.60. The minimum absolute atomic E-state index is 0.0662. The van der Waals surface area contributed by atoms with Crippen molar-refractivity contribution in [1.82, 2.24) is 15.1 Å². The molecule has 1 aliphatic rings. The first-order valence-corrected chi connectivity index (χ1v) is 12.7. The van der Waals surface area contributed by atoms with Gasteiger partial charge in [0.2, 0.25) is 11.7 Å². The van der Waals surface area contributed by atoms with E-state index in [1.54, 1.807) is 74.5 Å². The molecule has 3 rings (SSSR count). The molecular formula is C28H32F2N3O6-. The third-order valence-corrected chi connectivity index (χ3v) is 6.46. The first kappa shape index (κ1) is 29.7. The van der Waals surface area contributed by atoms with Crippen molar-refractivity contribution in [2.45, 2.75) is 44.8 Å². The Kier molecular flexibility index (Phi) is 10.1. The van der Waals surface area contributed by atoms with Crippen LogP contribution in [0.15, 0.2) is 60.7 Å². The molecule has 39 heavy (non-hydrogen) atoms. The normalized spacial score (nSPS) is 15.4. The minimum Gasteiger partial charge on any atom is -0.530 e. The van der Waals surface area contributed by atoms with E-state index in [0.717, 1.165) is 9.80 Å². The SMILES string of the molecule is CC(C)[C@@H](C(=O)N[C@@H](Cc1ccccc1)C(=O)C(F)(F)C(=O)N1CCOCC1)N(Cc1ccccc1)C(=O)[O-]. The average molecular weight is 545 g/mol. The number of carbonyl (C=O) groups is 4. The molecule has 0 aromatic heterocycles. The van der Waals surface area contributed by atoms with Gasteiger partial charge in [-0.15, -0.1) is 0 Å². The Balaban J connectivity index is 1.89. The number of benzene rings is 2. The van der Waals surface area contributed by atoms with Gasteiger partial charge < -0.3 is 29.8 Å². The fourth-order valence-corrected chi connectivity index (χ4v) is 4.47. The van der Waals surface area contributed by atoms with Gasteiger partial charge in [-0.25, -0.2) is 0 Å². The molecule has 0 aliphatic carbocycles. The molecule has 0 unspecified atom stereocenters. The standard InChI is InChI=1S/C28H33F2N3O6/c1-19(2)23(33(27(37)38)18-21-11-7-4-8-12-21)25(35)31-22(17-20-9-5-3-6-10-20)24(34)28(29,30)26(36)32-13-15-39-16-14-32/h3-12,19,22-23H,13-18H2,1-2H3,(H,31,35)(H,37,38)/p-1/t22-,23-/m0/s1. The van der Waals surface area contributed by atoms with Crippen LogP contribution in [0.5, 0.6) is 0 Å². The zero-order chi connectivity index (χ0) is 28.6. The number of morpholine rings is 1. The highest BCUT2D eigenvalue weighted by atomic mass is 19.3. The Morgan fingerprint density at radius 2 is 1.51 bits per heavy atom. The number of carbonyl (C=O) groups excluding carboxylic acids is 4. The van der Waals surface area contributed by atoms with Crippen molar-refractivity contribution in [2.24, 2.45) is 5.92 Å². The van der Waals surface area contributed by atoms with Crippen LogP contribution in [-0.4, -0.2) is 77.8 Å². The van der Waals surface area contributed by atoms with Gasteiger partial charge in [0, 0.05) is 26.1 Å². The Morgan fingerprint density at radius 3 is 2.03 bits per heavy atom. The molecule has 1 aliphatic heterocycles. The molecule has 2 aromatic carbocycles. The van der Waals surface area contributed by atoms with Crippen molar-refractivity contribution in [3.05, 3.63) is 71.8 Å². The van der Waals surface area contributed by atoms with Crippen LogP contribution in [0.1, 0.15) is 25.0 Å². The maximum Gasteiger partial charge on any atom is 0.383 e. The van der Waals surface area contributed by atoms with Crippen LogP contribution >= 0.6 is 0 Å². The number of Topliss-reactive ketones (excluding diaryl/α,β-unsaturated/α-hetero) is 1. The van der Waals surface area contributed by atoms with Crippen LogP contribution < -0.4 is 10.4 Å². The summed E-state index contributed by atoms with van der Waals surface area (Å²) in [6.07, 6.45) is -1.96. The first-order chi connectivity index (χ1) is 18.5. The van der Waals surface area contributed by atoms with Gasteiger partial charge in [-0.05, 0) is 17.0 Å². The summed E-state index contributed by atoms with van der Waals surface area (Å²) < 4.78 is 35.7. The van der Waals surface area contributed by atoms with Crippen LogP contribution in [-0.2, 0) is 32.1 Å². The molecule has 0 saturated carbocycles. The zero-order valence-corrected chi connectivity index (χ0v) is 21.8. The number of rotatable bonds is 11. The van der Waals surface area contributed by atoms with Crippen molar-refractivity contribution in [3.63, 3.8) is 0 Å². The number of nitrogens with zero attached hydrogens (tertiary/aromatic N) is 2. The van der Waals surface area contributed by atoms with Gasteiger partial charge in [0.1, 0.15) is 12.1 Å². The lowest BCUT2D eigenvalue weighted by molar-refractivity contribution is -0.269. The van der Waals surface area contributed by atoms with Gasteiger partial charge in [0.05, 0.1) is 19.3 Å². The van der Waals surface area contributed by atoms with Crippen molar-refractivity contribution < 1.29 is 37.8 Å². The van der Waals surface area contributed by atoms with Gasteiger partial charge >= 0.3 is 11.8 Å². The Bertz CT molecular complexity index is 1140. The largest absolute Gasteiger partial charge is 0.530 e. The summed E-state index contributed by atoms with van der Waals surface area (Å²) in [5.41, 5.74) is 1.05. The van der Waals surface area contributed by atoms with Crippen molar-refractivity contribution in [2.75, 3.05) is 26.3 Å². The number of hydrogen-bond donors (Lipinski definition) is 1. The molecule has 2 atom stereocenters.